The second-order valence-electron chi connectivity index (χ2n) is 8.19. The standard InChI is InChI=1S/C22H20Br2N2O4/c1-29-17-5-3-15(23)11-7-21(9-13(11)17)19(27)26-22(20(28)25-21)8-12-14(10-22)18(30-2)6-4-16(12)24/h3-6H,7-10H2,1-2H3,(H,25,28)(H,26,27)/t21-,22+. The van der Waals surface area contributed by atoms with Crippen LogP contribution < -0.4 is 20.1 Å². The van der Waals surface area contributed by atoms with Gasteiger partial charge in [0.05, 0.1) is 14.2 Å². The van der Waals surface area contributed by atoms with Gasteiger partial charge in [-0.15, -0.1) is 0 Å². The van der Waals surface area contributed by atoms with Gasteiger partial charge in [-0.3, -0.25) is 9.59 Å². The van der Waals surface area contributed by atoms with Crippen LogP contribution in [-0.2, 0) is 35.3 Å². The van der Waals surface area contributed by atoms with Gasteiger partial charge in [0.2, 0.25) is 11.8 Å². The molecule has 0 aromatic heterocycles. The number of carbonyl (C=O) groups excluding carboxylic acids is 2. The van der Waals surface area contributed by atoms with E-state index < -0.39 is 11.1 Å². The SMILES string of the molecule is COc1ccc(Br)c2c1C[C@@]1(C2)NC(=O)[C@@]2(Cc3c(Br)ccc(OC)c3C2)NC1=O. The van der Waals surface area contributed by atoms with Crippen LogP contribution in [0.3, 0.4) is 0 Å². The molecule has 30 heavy (non-hydrogen) atoms. The van der Waals surface area contributed by atoms with Gasteiger partial charge >= 0.3 is 0 Å². The fourth-order valence-electron chi connectivity index (χ4n) is 5.06. The van der Waals surface area contributed by atoms with Gasteiger partial charge in [-0.05, 0) is 35.4 Å². The second-order valence-corrected chi connectivity index (χ2v) is 9.90. The quantitative estimate of drug-likeness (QED) is 0.620. The van der Waals surface area contributed by atoms with E-state index >= 15 is 0 Å². The molecule has 0 unspecified atom stereocenters. The highest BCUT2D eigenvalue weighted by atomic mass is 79.9. The molecule has 1 fully saturated rings. The molecule has 2 spiro atoms. The number of ether oxygens (including phenoxy) is 2. The van der Waals surface area contributed by atoms with E-state index in [4.69, 9.17) is 9.47 Å². The molecule has 6 nitrogen and oxygen atoms in total. The molecule has 2 atom stereocenters. The van der Waals surface area contributed by atoms with Gasteiger partial charge in [0, 0.05) is 45.8 Å². The molecule has 3 aliphatic rings. The van der Waals surface area contributed by atoms with Crippen LogP contribution in [0.1, 0.15) is 22.3 Å². The third-order valence-electron chi connectivity index (χ3n) is 6.59. The number of piperazine rings is 1. The maximum absolute atomic E-state index is 13.5. The molecule has 0 saturated carbocycles. The third kappa shape index (κ3) is 2.66. The minimum Gasteiger partial charge on any atom is -0.496 e. The van der Waals surface area contributed by atoms with Crippen molar-refractivity contribution < 1.29 is 19.1 Å². The summed E-state index contributed by atoms with van der Waals surface area (Å²) < 4.78 is 12.8. The number of halogens is 2. The molecule has 2 aliphatic carbocycles. The number of rotatable bonds is 2. The lowest BCUT2D eigenvalue weighted by Crippen LogP contribution is -2.75. The van der Waals surface area contributed by atoms with Crippen LogP contribution in [0.15, 0.2) is 33.2 Å². The lowest BCUT2D eigenvalue weighted by Gasteiger charge is -2.43. The van der Waals surface area contributed by atoms with Crippen LogP contribution in [0.5, 0.6) is 11.5 Å². The molecule has 8 heteroatoms. The Bertz CT molecular complexity index is 1030. The zero-order valence-corrected chi connectivity index (χ0v) is 19.7. The first-order chi connectivity index (χ1) is 14.3. The molecule has 156 valence electrons. The number of hydrogen-bond donors (Lipinski definition) is 2. The zero-order valence-electron chi connectivity index (χ0n) is 16.5. The Kier molecular flexibility index (Phi) is 4.45. The summed E-state index contributed by atoms with van der Waals surface area (Å²) in [4.78, 5) is 26.9. The maximum atomic E-state index is 13.5. The molecular weight excluding hydrogens is 516 g/mol. The van der Waals surface area contributed by atoms with E-state index in [1.165, 1.54) is 0 Å². The average molecular weight is 536 g/mol. The smallest absolute Gasteiger partial charge is 0.247 e. The molecule has 2 aromatic rings. The summed E-state index contributed by atoms with van der Waals surface area (Å²) in [5.74, 6) is 1.15. The van der Waals surface area contributed by atoms with E-state index in [1.807, 2.05) is 24.3 Å². The highest BCUT2D eigenvalue weighted by Crippen LogP contribution is 2.45. The molecular formula is C22H20Br2N2O4. The zero-order chi connectivity index (χ0) is 21.3. The minimum absolute atomic E-state index is 0.157. The van der Waals surface area contributed by atoms with E-state index in [9.17, 15) is 9.59 Å². The first-order valence-electron chi connectivity index (χ1n) is 9.66. The van der Waals surface area contributed by atoms with E-state index in [0.29, 0.717) is 25.7 Å². The molecule has 1 heterocycles. The summed E-state index contributed by atoms with van der Waals surface area (Å²) in [5, 5.41) is 6.22. The van der Waals surface area contributed by atoms with Crippen molar-refractivity contribution in [3.63, 3.8) is 0 Å². The van der Waals surface area contributed by atoms with Gasteiger partial charge in [0.1, 0.15) is 22.6 Å². The molecule has 1 saturated heterocycles. The van der Waals surface area contributed by atoms with E-state index in [-0.39, 0.29) is 11.8 Å². The monoisotopic (exact) mass is 534 g/mol. The lowest BCUT2D eigenvalue weighted by atomic mass is 9.83. The number of fused-ring (bicyclic) bond motifs is 2. The van der Waals surface area contributed by atoms with Crippen molar-refractivity contribution in [1.29, 1.82) is 0 Å². The number of methoxy groups -OCH3 is 2. The van der Waals surface area contributed by atoms with Crippen molar-refractivity contribution >= 4 is 43.7 Å². The predicted molar refractivity (Wildman–Crippen MR) is 118 cm³/mol. The van der Waals surface area contributed by atoms with Crippen molar-refractivity contribution in [1.82, 2.24) is 10.6 Å². The van der Waals surface area contributed by atoms with E-state index in [2.05, 4.69) is 42.5 Å². The number of carbonyl (C=O) groups is 2. The number of nitrogens with one attached hydrogen (secondary N) is 2. The van der Waals surface area contributed by atoms with Crippen molar-refractivity contribution in [3.8, 4) is 11.5 Å². The number of benzene rings is 2. The second kappa shape index (κ2) is 6.72. The van der Waals surface area contributed by atoms with Gasteiger partial charge in [0.15, 0.2) is 0 Å². The predicted octanol–water partition coefficient (Wildman–Crippen LogP) is 2.85. The van der Waals surface area contributed by atoms with Gasteiger partial charge in [-0.2, -0.15) is 0 Å². The van der Waals surface area contributed by atoms with Gasteiger partial charge in [-0.1, -0.05) is 31.9 Å². The van der Waals surface area contributed by atoms with Crippen molar-refractivity contribution in [2.45, 2.75) is 36.8 Å². The van der Waals surface area contributed by atoms with Crippen LogP contribution >= 0.6 is 31.9 Å². The Morgan fingerprint density at radius 2 is 1.07 bits per heavy atom. The Morgan fingerprint density at radius 1 is 0.700 bits per heavy atom. The topological polar surface area (TPSA) is 76.7 Å². The molecule has 2 aromatic carbocycles. The Balaban J connectivity index is 1.49. The molecule has 5 rings (SSSR count). The van der Waals surface area contributed by atoms with E-state index in [1.54, 1.807) is 14.2 Å². The third-order valence-corrected chi connectivity index (χ3v) is 8.08. The minimum atomic E-state index is -1.00. The molecule has 0 bridgehead atoms. The first-order valence-corrected chi connectivity index (χ1v) is 11.2. The lowest BCUT2D eigenvalue weighted by molar-refractivity contribution is -0.145. The molecule has 1 aliphatic heterocycles. The molecule has 2 amide bonds. The van der Waals surface area contributed by atoms with Gasteiger partial charge < -0.3 is 20.1 Å². The van der Waals surface area contributed by atoms with Crippen LogP contribution in [0.4, 0.5) is 0 Å². The summed E-state index contributed by atoms with van der Waals surface area (Å²) >= 11 is 7.16. The summed E-state index contributed by atoms with van der Waals surface area (Å²) in [6.45, 7) is 0. The largest absolute Gasteiger partial charge is 0.496 e. The Morgan fingerprint density at radius 3 is 1.43 bits per heavy atom. The summed E-state index contributed by atoms with van der Waals surface area (Å²) in [6, 6.07) is 7.59. The van der Waals surface area contributed by atoms with Crippen LogP contribution in [0.2, 0.25) is 0 Å². The van der Waals surface area contributed by atoms with Gasteiger partial charge in [0.25, 0.3) is 0 Å². The van der Waals surface area contributed by atoms with Crippen molar-refractivity contribution in [2.24, 2.45) is 0 Å². The van der Waals surface area contributed by atoms with Crippen molar-refractivity contribution in [2.75, 3.05) is 14.2 Å². The fourth-order valence-corrected chi connectivity index (χ4v) is 6.08. The normalized spacial score (nSPS) is 26.4. The summed E-state index contributed by atoms with van der Waals surface area (Å²) in [7, 11) is 3.23. The van der Waals surface area contributed by atoms with E-state index in [0.717, 1.165) is 42.7 Å². The highest BCUT2D eigenvalue weighted by Gasteiger charge is 2.58. The Hall–Kier alpha value is -2.06. The fraction of sp³-hybridized carbons (Fsp3) is 0.364. The van der Waals surface area contributed by atoms with Crippen LogP contribution in [0, 0.1) is 0 Å². The average Bonchev–Trinajstić information content (AvgIpc) is 3.29. The van der Waals surface area contributed by atoms with Gasteiger partial charge in [-0.25, -0.2) is 0 Å². The first kappa shape index (κ1) is 19.9. The molecule has 2 N–H and O–H groups in total. The summed E-state index contributed by atoms with van der Waals surface area (Å²) in [5.41, 5.74) is 1.91. The summed E-state index contributed by atoms with van der Waals surface area (Å²) in [6.07, 6.45) is 1.65. The van der Waals surface area contributed by atoms with Crippen LogP contribution in [0.25, 0.3) is 0 Å². The Labute approximate surface area is 191 Å². The number of amides is 2. The number of hydrogen-bond acceptors (Lipinski definition) is 4. The van der Waals surface area contributed by atoms with Crippen LogP contribution in [-0.4, -0.2) is 37.1 Å². The highest BCUT2D eigenvalue weighted by molar-refractivity contribution is 9.10. The maximum Gasteiger partial charge on any atom is 0.247 e. The van der Waals surface area contributed by atoms with Crippen molar-refractivity contribution in [3.05, 3.63) is 55.5 Å². The molecule has 0 radical (unpaired) electrons.